The number of aliphatic hydroxyl groups is 1. The molecule has 0 aliphatic carbocycles. The molecule has 0 saturated heterocycles. The molecule has 0 radical (unpaired) electrons. The maximum absolute atomic E-state index is 8.94. The smallest absolute Gasteiger partial charge is 0.123 e. The number of benzene rings is 1. The summed E-state index contributed by atoms with van der Waals surface area (Å²) in [7, 11) is 0. The van der Waals surface area contributed by atoms with Crippen molar-refractivity contribution in [1.82, 2.24) is 4.98 Å². The number of nitrogens with two attached hydrogens (primary N) is 1. The van der Waals surface area contributed by atoms with Gasteiger partial charge in [0.2, 0.25) is 0 Å². The molecule has 2 rings (SSSR count). The van der Waals surface area contributed by atoms with E-state index in [1.165, 1.54) is 5.56 Å². The van der Waals surface area contributed by atoms with Crippen molar-refractivity contribution in [3.63, 3.8) is 0 Å². The van der Waals surface area contributed by atoms with Gasteiger partial charge in [-0.1, -0.05) is 24.3 Å². The molecular weight excluding hydrogens is 220 g/mol. The van der Waals surface area contributed by atoms with Crippen molar-refractivity contribution in [1.29, 1.82) is 0 Å². The molecule has 4 heteroatoms. The van der Waals surface area contributed by atoms with Crippen molar-refractivity contribution in [2.24, 2.45) is 5.73 Å². The number of aromatic nitrogens is 1. The molecule has 0 unspecified atom stereocenters. The fourth-order valence-electron chi connectivity index (χ4n) is 1.49. The molecule has 1 heterocycles. The molecule has 0 fully saturated rings. The zero-order chi connectivity index (χ0) is 11.4. The Hall–Kier alpha value is -1.23. The third kappa shape index (κ3) is 2.47. The van der Waals surface area contributed by atoms with Crippen molar-refractivity contribution in [3.8, 4) is 10.6 Å². The van der Waals surface area contributed by atoms with Crippen LogP contribution in [0.15, 0.2) is 29.6 Å². The largest absolute Gasteiger partial charge is 0.390 e. The Morgan fingerprint density at radius 3 is 2.56 bits per heavy atom. The Bertz CT molecular complexity index is 450. The van der Waals surface area contributed by atoms with Crippen LogP contribution in [0.4, 0.5) is 0 Å². The van der Waals surface area contributed by atoms with E-state index in [0.29, 0.717) is 6.54 Å². The maximum Gasteiger partial charge on any atom is 0.123 e. The highest BCUT2D eigenvalue weighted by atomic mass is 32.1. The molecule has 2 aromatic rings. The SMILES string of the molecule is NCCc1ccc(-c2nc(CO)cs2)cc1. The monoisotopic (exact) mass is 234 g/mol. The van der Waals surface area contributed by atoms with Crippen LogP contribution in [0.1, 0.15) is 11.3 Å². The number of hydrogen-bond donors (Lipinski definition) is 2. The quantitative estimate of drug-likeness (QED) is 0.848. The predicted molar refractivity (Wildman–Crippen MR) is 66.2 cm³/mol. The van der Waals surface area contributed by atoms with E-state index in [-0.39, 0.29) is 6.61 Å². The number of hydrogen-bond acceptors (Lipinski definition) is 4. The summed E-state index contributed by atoms with van der Waals surface area (Å²) in [6.07, 6.45) is 0.903. The lowest BCUT2D eigenvalue weighted by molar-refractivity contribution is 0.278. The molecular formula is C12H14N2OS. The maximum atomic E-state index is 8.94. The number of rotatable bonds is 4. The van der Waals surface area contributed by atoms with Gasteiger partial charge < -0.3 is 10.8 Å². The second-order valence-corrected chi connectivity index (χ2v) is 4.40. The van der Waals surface area contributed by atoms with Crippen LogP contribution in [-0.2, 0) is 13.0 Å². The van der Waals surface area contributed by atoms with Gasteiger partial charge in [0.1, 0.15) is 5.01 Å². The summed E-state index contributed by atoms with van der Waals surface area (Å²) in [6, 6.07) is 8.24. The van der Waals surface area contributed by atoms with Crippen molar-refractivity contribution in [2.45, 2.75) is 13.0 Å². The van der Waals surface area contributed by atoms with Gasteiger partial charge in [-0.15, -0.1) is 11.3 Å². The van der Waals surface area contributed by atoms with Crippen LogP contribution in [0, 0.1) is 0 Å². The van der Waals surface area contributed by atoms with Crippen LogP contribution in [0.5, 0.6) is 0 Å². The number of aliphatic hydroxyl groups excluding tert-OH is 1. The summed E-state index contributed by atoms with van der Waals surface area (Å²) in [6.45, 7) is 0.674. The first-order valence-corrected chi connectivity index (χ1v) is 6.06. The van der Waals surface area contributed by atoms with E-state index < -0.39 is 0 Å². The van der Waals surface area contributed by atoms with Crippen LogP contribution in [-0.4, -0.2) is 16.6 Å². The van der Waals surface area contributed by atoms with Crippen molar-refractivity contribution in [2.75, 3.05) is 6.54 Å². The van der Waals surface area contributed by atoms with Crippen LogP contribution in [0.25, 0.3) is 10.6 Å². The van der Waals surface area contributed by atoms with Gasteiger partial charge in [0, 0.05) is 10.9 Å². The van der Waals surface area contributed by atoms with E-state index in [4.69, 9.17) is 10.8 Å². The number of nitrogens with zero attached hydrogens (tertiary/aromatic N) is 1. The highest BCUT2D eigenvalue weighted by molar-refractivity contribution is 7.13. The van der Waals surface area contributed by atoms with Crippen LogP contribution < -0.4 is 5.73 Å². The van der Waals surface area contributed by atoms with Gasteiger partial charge in [-0.3, -0.25) is 0 Å². The van der Waals surface area contributed by atoms with Crippen molar-refractivity contribution >= 4 is 11.3 Å². The van der Waals surface area contributed by atoms with Crippen LogP contribution in [0.2, 0.25) is 0 Å². The Kier molecular flexibility index (Phi) is 3.66. The van der Waals surface area contributed by atoms with Crippen molar-refractivity contribution in [3.05, 3.63) is 40.9 Å². The first-order chi connectivity index (χ1) is 7.83. The highest BCUT2D eigenvalue weighted by Gasteiger charge is 2.03. The lowest BCUT2D eigenvalue weighted by atomic mass is 10.1. The Labute approximate surface area is 98.6 Å². The zero-order valence-electron chi connectivity index (χ0n) is 8.89. The molecule has 0 aliphatic heterocycles. The van der Waals surface area contributed by atoms with Crippen LogP contribution >= 0.6 is 11.3 Å². The summed E-state index contributed by atoms with van der Waals surface area (Å²) in [4.78, 5) is 4.32. The summed E-state index contributed by atoms with van der Waals surface area (Å²) in [5.41, 5.74) is 8.55. The molecule has 3 nitrogen and oxygen atoms in total. The number of thiazole rings is 1. The van der Waals surface area contributed by atoms with E-state index in [1.54, 1.807) is 11.3 Å². The van der Waals surface area contributed by atoms with Gasteiger partial charge in [-0.25, -0.2) is 4.98 Å². The van der Waals surface area contributed by atoms with E-state index in [9.17, 15) is 0 Å². The zero-order valence-corrected chi connectivity index (χ0v) is 9.70. The lowest BCUT2D eigenvalue weighted by Gasteiger charge is -2.00. The second-order valence-electron chi connectivity index (χ2n) is 3.54. The Balaban J connectivity index is 2.20. The molecule has 0 spiro atoms. The third-order valence-corrected chi connectivity index (χ3v) is 3.29. The topological polar surface area (TPSA) is 59.1 Å². The van der Waals surface area contributed by atoms with Gasteiger partial charge in [-0.2, -0.15) is 0 Å². The first kappa shape index (κ1) is 11.3. The van der Waals surface area contributed by atoms with E-state index in [1.807, 2.05) is 17.5 Å². The predicted octanol–water partition coefficient (Wildman–Crippen LogP) is 1.80. The van der Waals surface area contributed by atoms with Gasteiger partial charge in [0.15, 0.2) is 0 Å². The molecule has 0 atom stereocenters. The Morgan fingerprint density at radius 1 is 1.25 bits per heavy atom. The minimum Gasteiger partial charge on any atom is -0.390 e. The van der Waals surface area contributed by atoms with E-state index in [0.717, 1.165) is 22.7 Å². The third-order valence-electron chi connectivity index (χ3n) is 2.35. The van der Waals surface area contributed by atoms with Gasteiger partial charge in [0.05, 0.1) is 12.3 Å². The summed E-state index contributed by atoms with van der Waals surface area (Å²) in [5, 5.41) is 11.8. The fraction of sp³-hybridized carbons (Fsp3) is 0.250. The first-order valence-electron chi connectivity index (χ1n) is 5.18. The second kappa shape index (κ2) is 5.21. The normalized spacial score (nSPS) is 10.6. The average molecular weight is 234 g/mol. The summed E-state index contributed by atoms with van der Waals surface area (Å²) >= 11 is 1.55. The van der Waals surface area contributed by atoms with E-state index >= 15 is 0 Å². The molecule has 0 saturated carbocycles. The summed E-state index contributed by atoms with van der Waals surface area (Å²) in [5.74, 6) is 0. The Morgan fingerprint density at radius 2 is 2.00 bits per heavy atom. The van der Waals surface area contributed by atoms with Gasteiger partial charge in [-0.05, 0) is 18.5 Å². The fourth-order valence-corrected chi connectivity index (χ4v) is 2.31. The molecule has 16 heavy (non-hydrogen) atoms. The molecule has 0 bridgehead atoms. The molecule has 0 aliphatic rings. The summed E-state index contributed by atoms with van der Waals surface area (Å²) < 4.78 is 0. The average Bonchev–Trinajstić information content (AvgIpc) is 2.79. The molecule has 0 amide bonds. The van der Waals surface area contributed by atoms with E-state index in [2.05, 4.69) is 17.1 Å². The highest BCUT2D eigenvalue weighted by Crippen LogP contribution is 2.24. The van der Waals surface area contributed by atoms with Gasteiger partial charge >= 0.3 is 0 Å². The van der Waals surface area contributed by atoms with Crippen LogP contribution in [0.3, 0.4) is 0 Å². The lowest BCUT2D eigenvalue weighted by Crippen LogP contribution is -2.02. The molecule has 1 aromatic heterocycles. The van der Waals surface area contributed by atoms with Crippen molar-refractivity contribution < 1.29 is 5.11 Å². The standard InChI is InChI=1S/C12H14N2OS/c13-6-5-9-1-3-10(4-2-9)12-14-11(7-15)8-16-12/h1-4,8,15H,5-7,13H2. The van der Waals surface area contributed by atoms with Gasteiger partial charge in [0.25, 0.3) is 0 Å². The molecule has 3 N–H and O–H groups in total. The minimum atomic E-state index is 0.00174. The minimum absolute atomic E-state index is 0.00174. The molecule has 84 valence electrons. The molecule has 1 aromatic carbocycles.